The van der Waals surface area contributed by atoms with Gasteiger partial charge in [-0.15, -0.1) is 0 Å². The minimum absolute atomic E-state index is 0.187. The van der Waals surface area contributed by atoms with Gasteiger partial charge in [-0.1, -0.05) is 222 Å². The second-order valence-corrected chi connectivity index (χ2v) is 24.1. The third-order valence-corrected chi connectivity index (χ3v) is 20.1. The van der Waals surface area contributed by atoms with Gasteiger partial charge in [0.1, 0.15) is 0 Å². The van der Waals surface area contributed by atoms with Gasteiger partial charge < -0.3 is 13.7 Å². The van der Waals surface area contributed by atoms with E-state index in [-0.39, 0.29) is 20.1 Å². The molecule has 0 N–H and O–H groups in total. The molecule has 0 atom stereocenters. The van der Waals surface area contributed by atoms with E-state index in [0.29, 0.717) is 0 Å². The molecule has 15 aromatic rings. The molecular formula is C78H45B3N6. The molecule has 87 heavy (non-hydrogen) atoms. The second kappa shape index (κ2) is 17.9. The van der Waals surface area contributed by atoms with Crippen molar-refractivity contribution in [2.24, 2.45) is 0 Å². The Bertz CT molecular complexity index is 5770. The van der Waals surface area contributed by atoms with Crippen LogP contribution in [0.5, 0.6) is 0 Å². The van der Waals surface area contributed by atoms with Crippen LogP contribution in [0.4, 0.5) is 17.1 Å². The van der Waals surface area contributed by atoms with E-state index < -0.39 is 0 Å². The van der Waals surface area contributed by atoms with Crippen LogP contribution < -0.4 is 49.2 Å². The number of aromatic nitrogens is 3. The number of hydrogen-bond acceptors (Lipinski definition) is 0. The fourth-order valence-corrected chi connectivity index (χ4v) is 16.8. The van der Waals surface area contributed by atoms with E-state index >= 15 is 0 Å². The third kappa shape index (κ3) is 6.33. The maximum absolute atomic E-state index is 7.90. The first-order valence-electron chi connectivity index (χ1n) is 30.0. The smallest absolute Gasteiger partial charge is 0.247 e. The van der Waals surface area contributed by atoms with Gasteiger partial charge in [0.15, 0.2) is 17.1 Å². The lowest BCUT2D eigenvalue weighted by Crippen LogP contribution is -2.60. The van der Waals surface area contributed by atoms with Gasteiger partial charge in [-0.25, -0.2) is 14.5 Å². The summed E-state index contributed by atoms with van der Waals surface area (Å²) in [5.41, 5.74) is 33.6. The predicted octanol–water partition coefficient (Wildman–Crippen LogP) is 12.2. The average molecular weight is 1100 g/mol. The zero-order valence-electron chi connectivity index (χ0n) is 47.1. The second-order valence-electron chi connectivity index (χ2n) is 24.1. The lowest BCUT2D eigenvalue weighted by atomic mass is 9.32. The van der Waals surface area contributed by atoms with Gasteiger partial charge in [-0.3, -0.25) is 0 Å². The van der Waals surface area contributed by atoms with Crippen molar-refractivity contribution < 1.29 is 0 Å². The van der Waals surface area contributed by atoms with Crippen LogP contribution in [0.3, 0.4) is 0 Å². The molecule has 0 spiro atoms. The fraction of sp³-hybridized carbons (Fsp3) is 0.0385. The van der Waals surface area contributed by atoms with E-state index in [1.165, 1.54) is 160 Å². The Morgan fingerprint density at radius 1 is 0.287 bits per heavy atom. The SMILES string of the molecule is [C-]#[N+]c1cc2c3c4c1c1ccccc1n4-c1ccccc1B3c1ccccc1C2.[C-]#[N+]c1cc2c3ccccc3n3c2c2c1Cc1ccccc1B2c1ccccc1-3.[C-]#[N+]c1cccc2c1Cc1ccc3c4ccccc4n4c3c1B2c1ccccc1-4. The zero-order valence-corrected chi connectivity index (χ0v) is 47.1. The van der Waals surface area contributed by atoms with Crippen LogP contribution in [-0.2, 0) is 19.3 Å². The van der Waals surface area contributed by atoms with E-state index in [1.54, 1.807) is 0 Å². The molecule has 6 aliphatic heterocycles. The predicted molar refractivity (Wildman–Crippen MR) is 363 cm³/mol. The summed E-state index contributed by atoms with van der Waals surface area (Å²) < 4.78 is 7.29. The highest BCUT2D eigenvalue weighted by atomic mass is 15.0. The van der Waals surface area contributed by atoms with Crippen molar-refractivity contribution in [3.05, 3.63) is 304 Å². The molecule has 0 radical (unpaired) electrons. The number of rotatable bonds is 0. The van der Waals surface area contributed by atoms with Crippen LogP contribution in [0.2, 0.25) is 0 Å². The molecule has 396 valence electrons. The largest absolute Gasteiger partial charge is 0.312 e. The molecule has 12 aromatic carbocycles. The monoisotopic (exact) mass is 1100 g/mol. The summed E-state index contributed by atoms with van der Waals surface area (Å²) in [4.78, 5) is 11.8. The summed E-state index contributed by atoms with van der Waals surface area (Å²) in [6.45, 7) is 24.1. The lowest BCUT2D eigenvalue weighted by molar-refractivity contribution is 1.16. The van der Waals surface area contributed by atoms with E-state index in [4.69, 9.17) is 19.7 Å². The van der Waals surface area contributed by atoms with Gasteiger partial charge in [-0.2, -0.15) is 0 Å². The highest BCUT2D eigenvalue weighted by molar-refractivity contribution is 7.00. The van der Waals surface area contributed by atoms with Gasteiger partial charge in [0.2, 0.25) is 20.1 Å². The molecule has 0 saturated carbocycles. The molecule has 6 nitrogen and oxygen atoms in total. The van der Waals surface area contributed by atoms with E-state index in [2.05, 4.69) is 253 Å². The molecule has 0 bridgehead atoms. The fourth-order valence-electron chi connectivity index (χ4n) is 16.8. The Kier molecular flexibility index (Phi) is 9.88. The van der Waals surface area contributed by atoms with Crippen molar-refractivity contribution in [2.75, 3.05) is 0 Å². The van der Waals surface area contributed by atoms with Crippen LogP contribution in [0.1, 0.15) is 33.4 Å². The molecule has 6 aliphatic rings. The number of hydrogen-bond donors (Lipinski definition) is 0. The molecule has 0 amide bonds. The van der Waals surface area contributed by atoms with Crippen molar-refractivity contribution in [3.8, 4) is 17.1 Å². The summed E-state index contributed by atoms with van der Waals surface area (Å²) in [5.74, 6) is 0. The highest BCUT2D eigenvalue weighted by Gasteiger charge is 2.43. The van der Waals surface area contributed by atoms with Crippen molar-refractivity contribution in [1.29, 1.82) is 0 Å². The Balaban J connectivity index is 0.0000000950. The normalized spacial score (nSPS) is 13.3. The zero-order chi connectivity index (χ0) is 57.3. The first-order chi connectivity index (χ1) is 43.1. The molecule has 9 heterocycles. The quantitative estimate of drug-likeness (QED) is 0.107. The number of nitrogens with zero attached hydrogens (tertiary/aromatic N) is 6. The van der Waals surface area contributed by atoms with Crippen LogP contribution >= 0.6 is 0 Å². The summed E-state index contributed by atoms with van der Waals surface area (Å²) >= 11 is 0. The first kappa shape index (κ1) is 48.1. The molecule has 0 fully saturated rings. The third-order valence-electron chi connectivity index (χ3n) is 20.1. The molecule has 0 aliphatic carbocycles. The molecule has 21 rings (SSSR count). The van der Waals surface area contributed by atoms with Gasteiger partial charge >= 0.3 is 0 Å². The van der Waals surface area contributed by atoms with Crippen LogP contribution in [0, 0.1) is 19.7 Å². The first-order valence-corrected chi connectivity index (χ1v) is 30.0. The van der Waals surface area contributed by atoms with E-state index in [0.717, 1.165) is 41.7 Å². The lowest BCUT2D eigenvalue weighted by Gasteiger charge is -2.33. The Morgan fingerprint density at radius 3 is 1.36 bits per heavy atom. The van der Waals surface area contributed by atoms with Crippen LogP contribution in [0.25, 0.3) is 97.0 Å². The summed E-state index contributed by atoms with van der Waals surface area (Å²) in [6.07, 6.45) is 2.56. The Hall–Kier alpha value is -11.3. The van der Waals surface area contributed by atoms with Crippen molar-refractivity contribution in [1.82, 2.24) is 13.7 Å². The standard InChI is InChI=1S/3C26H15BN2/c1-28-21-15-17-14-16-8-2-4-10-19(16)27-20-11-5-7-13-23(20)29-22-12-6-3-9-18(22)24(21)26(29)25(17)27;1-28-22-15-18-17-9-3-6-12-23(17)29-24-13-7-5-11-21(24)27-20-10-4-2-8-16(20)14-19(22)25(27)26(18)29;1-28-22-10-6-9-20-19(22)15-16-13-14-18-17-7-2-4-11-23(17)29-24-12-5-3-8-21(24)27(20)25(16)26(18)29/h2*2-13,15H,14H2;2-14H,15H2. The summed E-state index contributed by atoms with van der Waals surface area (Å²) in [7, 11) is 0. The topological polar surface area (TPSA) is 27.9 Å². The van der Waals surface area contributed by atoms with Crippen molar-refractivity contribution in [2.45, 2.75) is 19.3 Å². The maximum Gasteiger partial charge on any atom is 0.247 e. The number of fused-ring (bicyclic) bond motifs is 24. The average Bonchev–Trinajstić information content (AvgIpc) is 1.69. The highest BCUT2D eigenvalue weighted by Crippen LogP contribution is 2.43. The van der Waals surface area contributed by atoms with Crippen molar-refractivity contribution in [3.63, 3.8) is 0 Å². The molecule has 0 unspecified atom stereocenters. The van der Waals surface area contributed by atoms with Gasteiger partial charge in [0, 0.05) is 55.2 Å². The van der Waals surface area contributed by atoms with E-state index in [1.807, 2.05) is 12.1 Å². The number of para-hydroxylation sites is 6. The van der Waals surface area contributed by atoms with Crippen LogP contribution in [-0.4, -0.2) is 33.8 Å². The van der Waals surface area contributed by atoms with Crippen LogP contribution in [0.15, 0.2) is 237 Å². The van der Waals surface area contributed by atoms with Crippen molar-refractivity contribution >= 4 is 152 Å². The minimum atomic E-state index is 0.187. The van der Waals surface area contributed by atoms with Gasteiger partial charge in [0.25, 0.3) is 0 Å². The number of benzene rings is 12. The maximum atomic E-state index is 7.90. The minimum Gasteiger partial charge on any atom is -0.312 e. The van der Waals surface area contributed by atoms with Gasteiger partial charge in [-0.05, 0) is 128 Å². The molecular weight excluding hydrogens is 1050 g/mol. The summed E-state index contributed by atoms with van der Waals surface area (Å²) in [6, 6.07) is 84.8. The van der Waals surface area contributed by atoms with Gasteiger partial charge in [0.05, 0.1) is 36.3 Å². The summed E-state index contributed by atoms with van der Waals surface area (Å²) in [5, 5.41) is 7.33. The van der Waals surface area contributed by atoms with E-state index in [9.17, 15) is 0 Å². The molecule has 0 saturated heterocycles. The Morgan fingerprint density at radius 2 is 0.736 bits per heavy atom. The molecule has 3 aromatic heterocycles. The molecule has 9 heteroatoms. The Labute approximate surface area is 503 Å².